The van der Waals surface area contributed by atoms with Gasteiger partial charge in [0.1, 0.15) is 0 Å². The van der Waals surface area contributed by atoms with E-state index in [4.69, 9.17) is 0 Å². The van der Waals surface area contributed by atoms with Gasteiger partial charge in [-0.15, -0.1) is 0 Å². The van der Waals surface area contributed by atoms with E-state index in [1.165, 1.54) is 0 Å². The van der Waals surface area contributed by atoms with Crippen LogP contribution in [0.25, 0.3) is 0 Å². The third kappa shape index (κ3) is 3.38. The Labute approximate surface area is 107 Å². The number of piperidine rings is 1. The molecule has 1 saturated heterocycles. The number of nitrogens with one attached hydrogen (secondary N) is 1. The largest absolute Gasteiger partial charge is 0.391 e. The fraction of sp³-hybridized carbons (Fsp3) is 1.00. The van der Waals surface area contributed by atoms with Crippen molar-refractivity contribution in [3.63, 3.8) is 0 Å². The predicted octanol–water partition coefficient (Wildman–Crippen LogP) is 2.79. The van der Waals surface area contributed by atoms with Crippen LogP contribution >= 0.6 is 0 Å². The highest BCUT2D eigenvalue weighted by atomic mass is 19.4. The molecule has 106 valence electrons. The average molecular weight is 264 g/mol. The lowest BCUT2D eigenvalue weighted by atomic mass is 9.84. The summed E-state index contributed by atoms with van der Waals surface area (Å²) in [6.45, 7) is 1.96. The van der Waals surface area contributed by atoms with Gasteiger partial charge in [0.15, 0.2) is 0 Å². The molecule has 0 amide bonds. The molecule has 3 atom stereocenters. The SMILES string of the molecule is CN(C1CCCNC1)C1CCCC(C(F)(F)F)C1. The van der Waals surface area contributed by atoms with E-state index in [0.717, 1.165) is 32.4 Å². The van der Waals surface area contributed by atoms with Crippen LogP contribution < -0.4 is 5.32 Å². The summed E-state index contributed by atoms with van der Waals surface area (Å²) in [7, 11) is 2.00. The summed E-state index contributed by atoms with van der Waals surface area (Å²) in [6.07, 6.45) is 0.456. The van der Waals surface area contributed by atoms with Crippen LogP contribution in [0.3, 0.4) is 0 Å². The highest BCUT2D eigenvalue weighted by Gasteiger charge is 2.43. The Kier molecular flexibility index (Phi) is 4.54. The molecule has 1 aliphatic carbocycles. The first-order valence-electron chi connectivity index (χ1n) is 6.98. The maximum atomic E-state index is 12.8. The van der Waals surface area contributed by atoms with E-state index in [1.54, 1.807) is 0 Å². The van der Waals surface area contributed by atoms with E-state index in [0.29, 0.717) is 18.9 Å². The molecule has 1 saturated carbocycles. The zero-order chi connectivity index (χ0) is 13.2. The van der Waals surface area contributed by atoms with Gasteiger partial charge in [0, 0.05) is 18.6 Å². The van der Waals surface area contributed by atoms with Crippen molar-refractivity contribution in [2.75, 3.05) is 20.1 Å². The molecule has 1 heterocycles. The molecule has 0 radical (unpaired) electrons. The Morgan fingerprint density at radius 1 is 1.06 bits per heavy atom. The lowest BCUT2D eigenvalue weighted by molar-refractivity contribution is -0.187. The van der Waals surface area contributed by atoms with Crippen LogP contribution in [0.1, 0.15) is 38.5 Å². The Balaban J connectivity index is 1.91. The van der Waals surface area contributed by atoms with Crippen molar-refractivity contribution in [1.29, 1.82) is 0 Å². The van der Waals surface area contributed by atoms with Crippen LogP contribution in [0, 0.1) is 5.92 Å². The predicted molar refractivity (Wildman–Crippen MR) is 65.5 cm³/mol. The van der Waals surface area contributed by atoms with Gasteiger partial charge in [0.25, 0.3) is 0 Å². The minimum absolute atomic E-state index is 0.107. The minimum Gasteiger partial charge on any atom is -0.315 e. The van der Waals surface area contributed by atoms with E-state index in [1.807, 2.05) is 7.05 Å². The molecule has 18 heavy (non-hydrogen) atoms. The summed E-state index contributed by atoms with van der Waals surface area (Å²) in [6, 6.07) is 0.519. The topological polar surface area (TPSA) is 15.3 Å². The van der Waals surface area contributed by atoms with Gasteiger partial charge in [0.2, 0.25) is 0 Å². The van der Waals surface area contributed by atoms with Crippen molar-refractivity contribution in [2.24, 2.45) is 5.92 Å². The number of alkyl halides is 3. The molecule has 3 unspecified atom stereocenters. The van der Waals surface area contributed by atoms with Crippen molar-refractivity contribution in [2.45, 2.75) is 56.8 Å². The lowest BCUT2D eigenvalue weighted by Crippen LogP contribution is -2.50. The van der Waals surface area contributed by atoms with E-state index in [2.05, 4.69) is 10.2 Å². The molecule has 0 spiro atoms. The summed E-state index contributed by atoms with van der Waals surface area (Å²) in [5.41, 5.74) is 0. The molecular formula is C13H23F3N2. The summed E-state index contributed by atoms with van der Waals surface area (Å²) in [5, 5.41) is 3.33. The van der Waals surface area contributed by atoms with E-state index in [-0.39, 0.29) is 12.5 Å². The second kappa shape index (κ2) is 5.78. The molecular weight excluding hydrogens is 241 g/mol. The van der Waals surface area contributed by atoms with Crippen LogP contribution in [0.2, 0.25) is 0 Å². The monoisotopic (exact) mass is 264 g/mol. The molecule has 2 nitrogen and oxygen atoms in total. The highest BCUT2D eigenvalue weighted by Crippen LogP contribution is 2.39. The normalized spacial score (nSPS) is 34.8. The Hall–Kier alpha value is -0.290. The van der Waals surface area contributed by atoms with Gasteiger partial charge < -0.3 is 5.32 Å². The molecule has 2 fully saturated rings. The number of nitrogens with zero attached hydrogens (tertiary/aromatic N) is 1. The minimum atomic E-state index is -4.01. The Morgan fingerprint density at radius 3 is 2.39 bits per heavy atom. The van der Waals surface area contributed by atoms with E-state index < -0.39 is 12.1 Å². The summed E-state index contributed by atoms with van der Waals surface area (Å²) in [4.78, 5) is 2.20. The number of rotatable bonds is 2. The highest BCUT2D eigenvalue weighted by molar-refractivity contribution is 4.87. The van der Waals surface area contributed by atoms with Gasteiger partial charge in [-0.3, -0.25) is 4.90 Å². The second-order valence-electron chi connectivity index (χ2n) is 5.72. The Morgan fingerprint density at radius 2 is 1.78 bits per heavy atom. The smallest absolute Gasteiger partial charge is 0.315 e. The van der Waals surface area contributed by atoms with Crippen LogP contribution in [-0.4, -0.2) is 43.3 Å². The summed E-state index contributed by atoms with van der Waals surface area (Å²) >= 11 is 0. The average Bonchev–Trinajstić information content (AvgIpc) is 2.38. The van der Waals surface area contributed by atoms with Gasteiger partial charge in [-0.25, -0.2) is 0 Å². The van der Waals surface area contributed by atoms with Gasteiger partial charge >= 0.3 is 6.18 Å². The summed E-state index contributed by atoms with van der Waals surface area (Å²) < 4.78 is 38.4. The van der Waals surface area contributed by atoms with Gasteiger partial charge in [-0.05, 0) is 45.7 Å². The molecule has 0 aromatic carbocycles. The van der Waals surface area contributed by atoms with Crippen molar-refractivity contribution in [3.05, 3.63) is 0 Å². The first-order chi connectivity index (χ1) is 8.48. The standard InChI is InChI=1S/C13H23F3N2/c1-18(12-6-3-7-17-9-12)11-5-2-4-10(8-11)13(14,15)16/h10-12,17H,2-9H2,1H3. The first kappa shape index (κ1) is 14.1. The van der Waals surface area contributed by atoms with Gasteiger partial charge in [-0.2, -0.15) is 13.2 Å². The van der Waals surface area contributed by atoms with Crippen molar-refractivity contribution in [1.82, 2.24) is 10.2 Å². The lowest BCUT2D eigenvalue weighted by Gasteiger charge is -2.41. The van der Waals surface area contributed by atoms with Gasteiger partial charge in [-0.1, -0.05) is 6.42 Å². The Bertz CT molecular complexity index is 261. The third-order valence-electron chi connectivity index (χ3n) is 4.53. The maximum Gasteiger partial charge on any atom is 0.391 e. The quantitative estimate of drug-likeness (QED) is 0.825. The number of hydrogen-bond donors (Lipinski definition) is 1. The molecule has 0 aromatic heterocycles. The van der Waals surface area contributed by atoms with E-state index in [9.17, 15) is 13.2 Å². The fourth-order valence-electron chi connectivity index (χ4n) is 3.31. The maximum absolute atomic E-state index is 12.8. The molecule has 2 aliphatic rings. The second-order valence-corrected chi connectivity index (χ2v) is 5.72. The van der Waals surface area contributed by atoms with E-state index >= 15 is 0 Å². The molecule has 0 bridgehead atoms. The first-order valence-corrected chi connectivity index (χ1v) is 6.98. The molecule has 5 heteroatoms. The van der Waals surface area contributed by atoms with Crippen LogP contribution in [0.5, 0.6) is 0 Å². The summed E-state index contributed by atoms with van der Waals surface area (Å²) in [5.74, 6) is -1.09. The number of likely N-dealkylation sites (N-methyl/N-ethyl adjacent to an activating group) is 1. The third-order valence-corrected chi connectivity index (χ3v) is 4.53. The van der Waals surface area contributed by atoms with Crippen LogP contribution in [0.4, 0.5) is 13.2 Å². The molecule has 1 aliphatic heterocycles. The van der Waals surface area contributed by atoms with Crippen LogP contribution in [-0.2, 0) is 0 Å². The molecule has 1 N–H and O–H groups in total. The zero-order valence-corrected chi connectivity index (χ0v) is 11.0. The fourth-order valence-corrected chi connectivity index (χ4v) is 3.31. The van der Waals surface area contributed by atoms with Crippen LogP contribution in [0.15, 0.2) is 0 Å². The van der Waals surface area contributed by atoms with Crippen molar-refractivity contribution in [3.8, 4) is 0 Å². The molecule has 0 aromatic rings. The van der Waals surface area contributed by atoms with Crippen molar-refractivity contribution < 1.29 is 13.2 Å². The van der Waals surface area contributed by atoms with Crippen molar-refractivity contribution >= 4 is 0 Å². The number of halogens is 3. The number of hydrogen-bond acceptors (Lipinski definition) is 2. The van der Waals surface area contributed by atoms with Gasteiger partial charge in [0.05, 0.1) is 5.92 Å². The zero-order valence-electron chi connectivity index (χ0n) is 11.0. The molecule has 2 rings (SSSR count).